The van der Waals surface area contributed by atoms with E-state index < -0.39 is 0 Å². The molecule has 3 fully saturated rings. The summed E-state index contributed by atoms with van der Waals surface area (Å²) in [6, 6.07) is 0.608. The van der Waals surface area contributed by atoms with Crippen LogP contribution in [0.15, 0.2) is 6.33 Å². The Kier molecular flexibility index (Phi) is 5.75. The topological polar surface area (TPSA) is 84.3 Å². The molecule has 3 heterocycles. The lowest BCUT2D eigenvalue weighted by Gasteiger charge is -2.50. The molecule has 0 radical (unpaired) electrons. The molecule has 1 aromatic heterocycles. The van der Waals surface area contributed by atoms with Crippen molar-refractivity contribution in [1.82, 2.24) is 30.3 Å². The van der Waals surface area contributed by atoms with Crippen molar-refractivity contribution in [2.45, 2.75) is 38.1 Å². The minimum absolute atomic E-state index is 0.224. The Morgan fingerprint density at radius 2 is 2.26 bits per heavy atom. The molecule has 3 atom stereocenters. The van der Waals surface area contributed by atoms with E-state index >= 15 is 0 Å². The van der Waals surface area contributed by atoms with Crippen molar-refractivity contribution >= 4 is 5.91 Å². The van der Waals surface area contributed by atoms with Gasteiger partial charge in [0.15, 0.2) is 0 Å². The van der Waals surface area contributed by atoms with Crippen LogP contribution in [-0.2, 0) is 23.0 Å². The third-order valence-corrected chi connectivity index (χ3v) is 6.83. The van der Waals surface area contributed by atoms with Crippen molar-refractivity contribution in [3.05, 3.63) is 12.2 Å². The van der Waals surface area contributed by atoms with Crippen LogP contribution in [0.2, 0.25) is 0 Å². The fourth-order valence-corrected chi connectivity index (χ4v) is 5.18. The van der Waals surface area contributed by atoms with E-state index in [2.05, 4.69) is 25.6 Å². The fraction of sp³-hybridized carbons (Fsp3) is 0.842. The Bertz CT molecular complexity index is 644. The number of aromatic nitrogens is 3. The van der Waals surface area contributed by atoms with Gasteiger partial charge in [0.25, 0.3) is 0 Å². The molecule has 150 valence electrons. The van der Waals surface area contributed by atoms with Gasteiger partial charge in [0.05, 0.1) is 18.6 Å². The number of hydrogen-bond donors (Lipinski definition) is 2. The van der Waals surface area contributed by atoms with E-state index in [9.17, 15) is 4.79 Å². The summed E-state index contributed by atoms with van der Waals surface area (Å²) < 4.78 is 7.28. The highest BCUT2D eigenvalue weighted by Gasteiger charge is 2.50. The second-order valence-corrected chi connectivity index (χ2v) is 8.20. The largest absolute Gasteiger partial charge is 0.379 e. The number of nitrogens with zero attached hydrogens (tertiary/aromatic N) is 4. The number of fused-ring (bicyclic) bond motifs is 1. The van der Waals surface area contributed by atoms with Gasteiger partial charge in [0, 0.05) is 45.7 Å². The number of hydrogen-bond acceptors (Lipinski definition) is 6. The summed E-state index contributed by atoms with van der Waals surface area (Å²) in [4.78, 5) is 20.0. The monoisotopic (exact) mass is 376 g/mol. The first-order valence-electron chi connectivity index (χ1n) is 10.3. The minimum Gasteiger partial charge on any atom is -0.379 e. The number of nitrogens with one attached hydrogen (secondary N) is 2. The van der Waals surface area contributed by atoms with Crippen molar-refractivity contribution in [1.29, 1.82) is 0 Å². The van der Waals surface area contributed by atoms with E-state index in [-0.39, 0.29) is 11.3 Å². The van der Waals surface area contributed by atoms with Crippen LogP contribution in [0.4, 0.5) is 0 Å². The fourth-order valence-electron chi connectivity index (χ4n) is 5.18. The van der Waals surface area contributed by atoms with Gasteiger partial charge in [-0.25, -0.2) is 4.98 Å². The number of amides is 1. The average Bonchev–Trinajstić information content (AvgIpc) is 3.13. The lowest BCUT2D eigenvalue weighted by molar-refractivity contribution is -0.140. The number of ether oxygens (including phenoxy) is 1. The molecule has 1 aromatic rings. The smallest absolute Gasteiger partial charge is 0.227 e. The Hall–Kier alpha value is -1.51. The van der Waals surface area contributed by atoms with Gasteiger partial charge in [0.2, 0.25) is 5.91 Å². The summed E-state index contributed by atoms with van der Waals surface area (Å²) in [5.74, 6) is 1.60. The van der Waals surface area contributed by atoms with Crippen molar-refractivity contribution in [3.8, 4) is 0 Å². The minimum atomic E-state index is -0.249. The lowest BCUT2D eigenvalue weighted by atomic mass is 9.61. The number of aryl methyl sites for hydroxylation is 1. The maximum Gasteiger partial charge on any atom is 0.227 e. The van der Waals surface area contributed by atoms with Crippen LogP contribution >= 0.6 is 0 Å². The van der Waals surface area contributed by atoms with Crippen LogP contribution in [0.5, 0.6) is 0 Å². The molecule has 0 aromatic carbocycles. The maximum atomic E-state index is 13.2. The molecule has 2 aliphatic heterocycles. The van der Waals surface area contributed by atoms with Crippen molar-refractivity contribution < 1.29 is 9.53 Å². The lowest BCUT2D eigenvalue weighted by Crippen LogP contribution is -2.60. The predicted octanol–water partition coefficient (Wildman–Crippen LogP) is -0.0456. The van der Waals surface area contributed by atoms with E-state index in [4.69, 9.17) is 4.74 Å². The van der Waals surface area contributed by atoms with Crippen LogP contribution in [0.3, 0.4) is 0 Å². The van der Waals surface area contributed by atoms with Crippen LogP contribution in [-0.4, -0.2) is 77.6 Å². The van der Waals surface area contributed by atoms with Gasteiger partial charge in [0.1, 0.15) is 12.2 Å². The highest BCUT2D eigenvalue weighted by atomic mass is 16.5. The molecule has 1 saturated carbocycles. The molecule has 0 bridgehead atoms. The number of carbonyl (C=O) groups excluding carboxylic acids is 1. The second kappa shape index (κ2) is 8.24. The molecule has 8 heteroatoms. The zero-order valence-electron chi connectivity index (χ0n) is 16.3. The summed E-state index contributed by atoms with van der Waals surface area (Å²) in [6.07, 6.45) is 6.59. The third-order valence-electron chi connectivity index (χ3n) is 6.83. The molecule has 1 aliphatic carbocycles. The first-order valence-corrected chi connectivity index (χ1v) is 10.3. The summed E-state index contributed by atoms with van der Waals surface area (Å²) >= 11 is 0. The molecule has 8 nitrogen and oxygen atoms in total. The standard InChI is InChI=1S/C19H32N6O2/c1-24-17(22-14-23-24)4-7-21-18(26)19-5-2-16(25-8-10-27-11-9-25)12-15(19)3-6-20-13-19/h14-16,20H,2-13H2,1H3,(H,21,26)/t15-,16+,19-/m1/s1. The van der Waals surface area contributed by atoms with Gasteiger partial charge in [-0.3, -0.25) is 14.4 Å². The van der Waals surface area contributed by atoms with Crippen LogP contribution in [0.25, 0.3) is 0 Å². The van der Waals surface area contributed by atoms with Gasteiger partial charge in [-0.1, -0.05) is 0 Å². The summed E-state index contributed by atoms with van der Waals surface area (Å²) in [5, 5.41) is 10.8. The van der Waals surface area contributed by atoms with E-state index in [1.165, 1.54) is 0 Å². The Labute approximate surface area is 161 Å². The zero-order valence-corrected chi connectivity index (χ0v) is 16.3. The van der Waals surface area contributed by atoms with Crippen molar-refractivity contribution in [3.63, 3.8) is 0 Å². The Balaban J connectivity index is 1.37. The van der Waals surface area contributed by atoms with Crippen LogP contribution in [0.1, 0.15) is 31.5 Å². The molecule has 3 aliphatic rings. The van der Waals surface area contributed by atoms with Crippen LogP contribution in [0, 0.1) is 11.3 Å². The molecular formula is C19H32N6O2. The summed E-state index contributed by atoms with van der Waals surface area (Å²) in [7, 11) is 1.89. The van der Waals surface area contributed by atoms with Gasteiger partial charge in [-0.05, 0) is 38.1 Å². The van der Waals surface area contributed by atoms with Crippen LogP contribution < -0.4 is 10.6 Å². The molecule has 27 heavy (non-hydrogen) atoms. The highest BCUT2D eigenvalue weighted by Crippen LogP contribution is 2.46. The third kappa shape index (κ3) is 3.88. The maximum absolute atomic E-state index is 13.2. The zero-order chi connectivity index (χ0) is 18.7. The normalized spacial score (nSPS) is 32.0. The highest BCUT2D eigenvalue weighted by molar-refractivity contribution is 5.83. The quantitative estimate of drug-likeness (QED) is 0.750. The first-order chi connectivity index (χ1) is 13.2. The number of piperidine rings is 1. The second-order valence-electron chi connectivity index (χ2n) is 8.20. The molecule has 2 saturated heterocycles. The van der Waals surface area contributed by atoms with E-state index in [0.717, 1.165) is 70.9 Å². The number of carbonyl (C=O) groups is 1. The predicted molar refractivity (Wildman–Crippen MR) is 101 cm³/mol. The number of rotatable bonds is 5. The van der Waals surface area contributed by atoms with Crippen molar-refractivity contribution in [2.75, 3.05) is 45.9 Å². The van der Waals surface area contributed by atoms with Gasteiger partial charge in [-0.2, -0.15) is 5.10 Å². The first kappa shape index (κ1) is 18.8. The Morgan fingerprint density at radius 1 is 1.41 bits per heavy atom. The van der Waals surface area contributed by atoms with E-state index in [1.54, 1.807) is 11.0 Å². The molecular weight excluding hydrogens is 344 g/mol. The SMILES string of the molecule is Cn1ncnc1CCNC(=O)[C@@]12CC[C@H](N3CCOCC3)C[C@H]1CCNC2. The molecule has 2 N–H and O–H groups in total. The van der Waals surface area contributed by atoms with Crippen molar-refractivity contribution in [2.24, 2.45) is 18.4 Å². The molecule has 0 spiro atoms. The Morgan fingerprint density at radius 3 is 3.04 bits per heavy atom. The molecule has 1 amide bonds. The number of morpholine rings is 1. The molecule has 4 rings (SSSR count). The summed E-state index contributed by atoms with van der Waals surface area (Å²) in [5.41, 5.74) is -0.249. The van der Waals surface area contributed by atoms with E-state index in [0.29, 0.717) is 24.9 Å². The van der Waals surface area contributed by atoms with Gasteiger partial charge >= 0.3 is 0 Å². The van der Waals surface area contributed by atoms with Gasteiger partial charge < -0.3 is 15.4 Å². The van der Waals surface area contributed by atoms with Gasteiger partial charge in [-0.15, -0.1) is 0 Å². The van der Waals surface area contributed by atoms with E-state index in [1.807, 2.05) is 7.05 Å². The average molecular weight is 377 g/mol. The molecule has 0 unspecified atom stereocenters. The summed E-state index contributed by atoms with van der Waals surface area (Å²) in [6.45, 7) is 6.20.